The first kappa shape index (κ1) is 21.6. The van der Waals surface area contributed by atoms with Gasteiger partial charge in [0.1, 0.15) is 23.9 Å². The highest BCUT2D eigenvalue weighted by Crippen LogP contribution is 2.33. The molecule has 0 amide bonds. The highest BCUT2D eigenvalue weighted by molar-refractivity contribution is 5.72. The van der Waals surface area contributed by atoms with Crippen molar-refractivity contribution in [2.75, 3.05) is 36.1 Å². The maximum atomic E-state index is 15.0. The van der Waals surface area contributed by atoms with Gasteiger partial charge in [0.2, 0.25) is 0 Å². The molecule has 1 aromatic carbocycles. The summed E-state index contributed by atoms with van der Waals surface area (Å²) >= 11 is 0. The Kier molecular flexibility index (Phi) is 6.55. The molecule has 1 fully saturated rings. The molecule has 0 aliphatic carbocycles. The second-order valence-corrected chi connectivity index (χ2v) is 7.62. The third-order valence-electron chi connectivity index (χ3n) is 5.30. The number of carboxylic acids is 1. The Labute approximate surface area is 185 Å². The highest BCUT2D eigenvalue weighted by atomic mass is 19.1. The molecule has 8 nitrogen and oxygen atoms in total. The number of para-hydroxylation sites is 1. The van der Waals surface area contributed by atoms with Gasteiger partial charge in [0.15, 0.2) is 5.82 Å². The largest absolute Gasteiger partial charge is 0.480 e. The number of ether oxygens (including phenoxy) is 1. The zero-order valence-corrected chi connectivity index (χ0v) is 17.5. The summed E-state index contributed by atoms with van der Waals surface area (Å²) in [6.45, 7) is 0.145. The molecule has 3 aromatic rings. The lowest BCUT2D eigenvalue weighted by Crippen LogP contribution is -2.45. The molecule has 166 valence electrons. The van der Waals surface area contributed by atoms with Crippen molar-refractivity contribution in [2.24, 2.45) is 0 Å². The SMILES string of the molecule is O=C(O)COCC1(F)CCN(c2cncc(N(c3ccccc3)c3ccccn3)n2)CC1. The average Bonchev–Trinajstić information content (AvgIpc) is 2.81. The number of rotatable bonds is 8. The van der Waals surface area contributed by atoms with Crippen LogP contribution in [-0.4, -0.2) is 58.0 Å². The standard InChI is InChI=1S/C23H24FN5O3/c24-23(17-32-16-22(30)31)9-12-28(13-10-23)20-14-25-15-21(27-20)29(18-6-2-1-3-7-18)19-8-4-5-11-26-19/h1-8,11,14-15H,9-10,12-13,16-17H2,(H,30,31). The van der Waals surface area contributed by atoms with Crippen LogP contribution in [0.4, 0.5) is 27.5 Å². The van der Waals surface area contributed by atoms with Gasteiger partial charge in [-0.2, -0.15) is 0 Å². The summed E-state index contributed by atoms with van der Waals surface area (Å²) in [7, 11) is 0. The minimum absolute atomic E-state index is 0.222. The fourth-order valence-corrected chi connectivity index (χ4v) is 3.65. The number of piperidine rings is 1. The topological polar surface area (TPSA) is 91.7 Å². The number of benzene rings is 1. The van der Waals surface area contributed by atoms with Crippen LogP contribution >= 0.6 is 0 Å². The van der Waals surface area contributed by atoms with Gasteiger partial charge in [0.25, 0.3) is 0 Å². The summed E-state index contributed by atoms with van der Waals surface area (Å²) in [6, 6.07) is 15.4. The predicted octanol–water partition coefficient (Wildman–Crippen LogP) is 3.75. The van der Waals surface area contributed by atoms with E-state index in [0.29, 0.717) is 30.5 Å². The van der Waals surface area contributed by atoms with E-state index in [2.05, 4.69) is 9.97 Å². The van der Waals surface area contributed by atoms with Crippen molar-refractivity contribution in [1.29, 1.82) is 0 Å². The number of aromatic nitrogens is 3. The molecular formula is C23H24FN5O3. The number of halogens is 1. The van der Waals surface area contributed by atoms with Crippen LogP contribution in [0.2, 0.25) is 0 Å². The predicted molar refractivity (Wildman–Crippen MR) is 118 cm³/mol. The third kappa shape index (κ3) is 5.17. The Hall–Kier alpha value is -3.59. The van der Waals surface area contributed by atoms with Gasteiger partial charge in [-0.15, -0.1) is 0 Å². The first-order valence-electron chi connectivity index (χ1n) is 10.4. The van der Waals surface area contributed by atoms with E-state index in [1.54, 1.807) is 18.6 Å². The Morgan fingerprint density at radius 1 is 1.09 bits per heavy atom. The molecule has 0 radical (unpaired) electrons. The molecule has 0 saturated carbocycles. The second kappa shape index (κ2) is 9.69. The normalized spacial score (nSPS) is 15.3. The van der Waals surface area contributed by atoms with Crippen molar-refractivity contribution < 1.29 is 19.0 Å². The average molecular weight is 437 g/mol. The van der Waals surface area contributed by atoms with Gasteiger partial charge in [0, 0.05) is 37.8 Å². The summed E-state index contributed by atoms with van der Waals surface area (Å²) in [5, 5.41) is 8.67. The lowest BCUT2D eigenvalue weighted by molar-refractivity contribution is -0.144. The second-order valence-electron chi connectivity index (χ2n) is 7.62. The maximum absolute atomic E-state index is 15.0. The lowest BCUT2D eigenvalue weighted by Gasteiger charge is -2.36. The first-order chi connectivity index (χ1) is 15.5. The van der Waals surface area contributed by atoms with Crippen LogP contribution < -0.4 is 9.80 Å². The van der Waals surface area contributed by atoms with E-state index in [0.717, 1.165) is 5.69 Å². The van der Waals surface area contributed by atoms with Crippen LogP contribution in [0, 0.1) is 0 Å². The lowest BCUT2D eigenvalue weighted by atomic mass is 9.94. The molecule has 0 unspecified atom stereocenters. The molecule has 1 aliphatic heterocycles. The summed E-state index contributed by atoms with van der Waals surface area (Å²) < 4.78 is 20.0. The third-order valence-corrected chi connectivity index (χ3v) is 5.30. The van der Waals surface area contributed by atoms with Crippen LogP contribution in [0.15, 0.2) is 67.1 Å². The van der Waals surface area contributed by atoms with Crippen LogP contribution in [0.1, 0.15) is 12.8 Å². The number of alkyl halides is 1. The molecule has 4 rings (SSSR count). The molecule has 0 atom stereocenters. The summed E-state index contributed by atoms with van der Waals surface area (Å²) in [6.07, 6.45) is 5.51. The highest BCUT2D eigenvalue weighted by Gasteiger charge is 2.35. The van der Waals surface area contributed by atoms with Gasteiger partial charge >= 0.3 is 5.97 Å². The Bertz CT molecular complexity index is 991. The molecule has 3 heterocycles. The Morgan fingerprint density at radius 3 is 2.53 bits per heavy atom. The molecule has 0 spiro atoms. The fraction of sp³-hybridized carbons (Fsp3) is 0.304. The molecule has 2 aromatic heterocycles. The first-order valence-corrected chi connectivity index (χ1v) is 10.4. The van der Waals surface area contributed by atoms with E-state index >= 15 is 0 Å². The minimum atomic E-state index is -1.54. The van der Waals surface area contributed by atoms with Crippen LogP contribution in [0.25, 0.3) is 0 Å². The van der Waals surface area contributed by atoms with Gasteiger partial charge < -0.3 is 14.7 Å². The monoisotopic (exact) mass is 437 g/mol. The van der Waals surface area contributed by atoms with Crippen molar-refractivity contribution in [1.82, 2.24) is 15.0 Å². The van der Waals surface area contributed by atoms with Crippen molar-refractivity contribution in [2.45, 2.75) is 18.5 Å². The number of anilines is 4. The number of carboxylic acid groups (broad SMARTS) is 1. The summed E-state index contributed by atoms with van der Waals surface area (Å²) in [5.41, 5.74) is -0.643. The zero-order chi connectivity index (χ0) is 22.4. The number of hydrogen-bond donors (Lipinski definition) is 1. The molecule has 1 N–H and O–H groups in total. The van der Waals surface area contributed by atoms with Gasteiger partial charge in [-0.3, -0.25) is 9.88 Å². The number of hydrogen-bond acceptors (Lipinski definition) is 7. The van der Waals surface area contributed by atoms with Crippen LogP contribution in [0.5, 0.6) is 0 Å². The molecule has 1 saturated heterocycles. The fourth-order valence-electron chi connectivity index (χ4n) is 3.65. The van der Waals surface area contributed by atoms with Gasteiger partial charge in [-0.25, -0.2) is 19.2 Å². The van der Waals surface area contributed by atoms with E-state index in [1.807, 2.05) is 58.3 Å². The zero-order valence-electron chi connectivity index (χ0n) is 17.5. The maximum Gasteiger partial charge on any atom is 0.329 e. The van der Waals surface area contributed by atoms with E-state index in [1.165, 1.54) is 0 Å². The quantitative estimate of drug-likeness (QED) is 0.570. The molecule has 9 heteroatoms. The van der Waals surface area contributed by atoms with Gasteiger partial charge in [-0.1, -0.05) is 24.3 Å². The Balaban J connectivity index is 1.52. The number of nitrogens with zero attached hydrogens (tertiary/aromatic N) is 5. The number of aliphatic carboxylic acids is 1. The van der Waals surface area contributed by atoms with E-state index in [4.69, 9.17) is 14.8 Å². The van der Waals surface area contributed by atoms with Gasteiger partial charge in [-0.05, 0) is 24.3 Å². The smallest absolute Gasteiger partial charge is 0.329 e. The van der Waals surface area contributed by atoms with Crippen molar-refractivity contribution in [3.05, 3.63) is 67.1 Å². The van der Waals surface area contributed by atoms with E-state index in [-0.39, 0.29) is 19.4 Å². The number of pyridine rings is 1. The van der Waals surface area contributed by atoms with E-state index < -0.39 is 18.2 Å². The van der Waals surface area contributed by atoms with Crippen LogP contribution in [0.3, 0.4) is 0 Å². The molecule has 0 bridgehead atoms. The van der Waals surface area contributed by atoms with E-state index in [9.17, 15) is 9.18 Å². The van der Waals surface area contributed by atoms with Crippen molar-refractivity contribution in [3.8, 4) is 0 Å². The molecule has 1 aliphatic rings. The molecule has 32 heavy (non-hydrogen) atoms. The minimum Gasteiger partial charge on any atom is -0.480 e. The summed E-state index contributed by atoms with van der Waals surface area (Å²) in [4.78, 5) is 28.1. The van der Waals surface area contributed by atoms with Crippen molar-refractivity contribution >= 4 is 29.1 Å². The number of carbonyl (C=O) groups is 1. The van der Waals surface area contributed by atoms with Crippen LogP contribution in [-0.2, 0) is 9.53 Å². The van der Waals surface area contributed by atoms with Crippen molar-refractivity contribution in [3.63, 3.8) is 0 Å². The molecular weight excluding hydrogens is 413 g/mol. The summed E-state index contributed by atoms with van der Waals surface area (Å²) in [5.74, 6) is 0.860. The van der Waals surface area contributed by atoms with Gasteiger partial charge in [0.05, 0.1) is 19.0 Å². The Morgan fingerprint density at radius 2 is 1.84 bits per heavy atom.